The van der Waals surface area contributed by atoms with Crippen LogP contribution in [0.15, 0.2) is 26.3 Å². The molecular weight excluding hydrogens is 483 g/mol. The average Bonchev–Trinajstić information content (AvgIpc) is 2.88. The lowest BCUT2D eigenvalue weighted by atomic mass is 10.1. The Kier molecular flexibility index (Phi) is 6.37. The van der Waals surface area contributed by atoms with Crippen molar-refractivity contribution in [3.63, 3.8) is 0 Å². The SMILES string of the molecule is COC(=O)C1=C(Nc2c(Br)cc(Br)c(F)c2C(=O)O)C(=O)N(CCO)C1. The van der Waals surface area contributed by atoms with Gasteiger partial charge in [0.2, 0.25) is 0 Å². The van der Waals surface area contributed by atoms with E-state index in [0.717, 1.165) is 7.11 Å². The summed E-state index contributed by atoms with van der Waals surface area (Å²) < 4.78 is 19.0. The lowest BCUT2D eigenvalue weighted by molar-refractivity contribution is -0.136. The molecule has 0 fully saturated rings. The number of carboxylic acid groups (broad SMARTS) is 1. The Morgan fingerprint density at radius 3 is 2.58 bits per heavy atom. The maximum absolute atomic E-state index is 14.3. The van der Waals surface area contributed by atoms with Crippen LogP contribution < -0.4 is 5.32 Å². The molecule has 11 heteroatoms. The summed E-state index contributed by atoms with van der Waals surface area (Å²) in [5, 5.41) is 20.9. The molecule has 1 aromatic carbocycles. The molecule has 0 bridgehead atoms. The van der Waals surface area contributed by atoms with Crippen LogP contribution in [0, 0.1) is 5.82 Å². The lowest BCUT2D eigenvalue weighted by Crippen LogP contribution is -2.31. The molecule has 0 radical (unpaired) electrons. The number of ether oxygens (including phenoxy) is 1. The molecule has 3 N–H and O–H groups in total. The normalized spacial score (nSPS) is 14.0. The molecule has 1 aliphatic rings. The fourth-order valence-corrected chi connectivity index (χ4v) is 3.65. The molecule has 1 aliphatic heterocycles. The first-order valence-corrected chi connectivity index (χ1v) is 8.70. The third-order valence-corrected chi connectivity index (χ3v) is 4.79. The number of methoxy groups -OCH3 is 1. The Morgan fingerprint density at radius 1 is 1.38 bits per heavy atom. The fourth-order valence-electron chi connectivity index (χ4n) is 2.39. The number of carboxylic acids is 1. The van der Waals surface area contributed by atoms with E-state index in [-0.39, 0.29) is 45.6 Å². The topological polar surface area (TPSA) is 116 Å². The first kappa shape index (κ1) is 20.3. The molecule has 1 amide bonds. The number of carbonyl (C=O) groups is 3. The summed E-state index contributed by atoms with van der Waals surface area (Å²) in [5.41, 5.74) is -1.24. The number of hydrogen-bond acceptors (Lipinski definition) is 6. The smallest absolute Gasteiger partial charge is 0.340 e. The van der Waals surface area contributed by atoms with Crippen LogP contribution in [-0.4, -0.2) is 59.8 Å². The molecule has 0 aromatic heterocycles. The number of esters is 1. The molecule has 0 spiro atoms. The van der Waals surface area contributed by atoms with Crippen molar-refractivity contribution in [2.24, 2.45) is 0 Å². The second kappa shape index (κ2) is 8.14. The molecule has 0 atom stereocenters. The highest BCUT2D eigenvalue weighted by Gasteiger charge is 2.36. The number of nitrogens with zero attached hydrogens (tertiary/aromatic N) is 1. The summed E-state index contributed by atoms with van der Waals surface area (Å²) in [4.78, 5) is 37.1. The third-order valence-electron chi connectivity index (χ3n) is 3.59. The van der Waals surface area contributed by atoms with Crippen LogP contribution in [0.25, 0.3) is 0 Å². The predicted molar refractivity (Wildman–Crippen MR) is 95.1 cm³/mol. The molecule has 0 saturated heterocycles. The molecule has 0 saturated carbocycles. The number of hydrogen-bond donors (Lipinski definition) is 3. The highest BCUT2D eigenvalue weighted by atomic mass is 79.9. The molecule has 140 valence electrons. The summed E-state index contributed by atoms with van der Waals surface area (Å²) in [6.45, 7) is -0.496. The van der Waals surface area contributed by atoms with E-state index >= 15 is 0 Å². The number of aliphatic hydroxyl groups is 1. The highest BCUT2D eigenvalue weighted by Crippen LogP contribution is 2.36. The van der Waals surface area contributed by atoms with Gasteiger partial charge in [-0.25, -0.2) is 14.0 Å². The Hall–Kier alpha value is -1.98. The van der Waals surface area contributed by atoms with Crippen molar-refractivity contribution in [3.05, 3.63) is 37.7 Å². The van der Waals surface area contributed by atoms with Gasteiger partial charge in [0.1, 0.15) is 11.3 Å². The van der Waals surface area contributed by atoms with Crippen LogP contribution in [0.2, 0.25) is 0 Å². The van der Waals surface area contributed by atoms with Gasteiger partial charge in [0.15, 0.2) is 5.82 Å². The van der Waals surface area contributed by atoms with Gasteiger partial charge in [0, 0.05) is 11.0 Å². The maximum atomic E-state index is 14.3. The zero-order valence-corrected chi connectivity index (χ0v) is 16.5. The van der Waals surface area contributed by atoms with E-state index in [1.807, 2.05) is 0 Å². The van der Waals surface area contributed by atoms with Crippen LogP contribution in [0.5, 0.6) is 0 Å². The van der Waals surface area contributed by atoms with E-state index in [9.17, 15) is 23.9 Å². The van der Waals surface area contributed by atoms with Gasteiger partial charge in [-0.3, -0.25) is 4.79 Å². The van der Waals surface area contributed by atoms with E-state index in [1.54, 1.807) is 0 Å². The number of rotatable bonds is 6. The highest BCUT2D eigenvalue weighted by molar-refractivity contribution is 9.11. The molecule has 26 heavy (non-hydrogen) atoms. The number of halogens is 3. The maximum Gasteiger partial charge on any atom is 0.340 e. The Labute approximate surface area is 163 Å². The van der Waals surface area contributed by atoms with Gasteiger partial charge in [-0.1, -0.05) is 0 Å². The molecule has 1 heterocycles. The second-order valence-electron chi connectivity index (χ2n) is 5.13. The Balaban J connectivity index is 2.57. The van der Waals surface area contributed by atoms with Crippen LogP contribution >= 0.6 is 31.9 Å². The predicted octanol–water partition coefficient (Wildman–Crippen LogP) is 1.72. The molecule has 8 nitrogen and oxygen atoms in total. The van der Waals surface area contributed by atoms with Crippen molar-refractivity contribution in [1.29, 1.82) is 0 Å². The summed E-state index contributed by atoms with van der Waals surface area (Å²) in [6.07, 6.45) is 0. The largest absolute Gasteiger partial charge is 0.478 e. The van der Waals surface area contributed by atoms with Crippen molar-refractivity contribution in [3.8, 4) is 0 Å². The molecule has 0 unspecified atom stereocenters. The standard InChI is InChI=1S/C15H13Br2FN2O6/c1-26-15(25)6-5-20(2-3-21)13(22)11(6)19-12-8(17)4-7(16)10(18)9(12)14(23)24/h4,19,21H,2-3,5H2,1H3,(H,23,24). The minimum atomic E-state index is -1.56. The first-order chi connectivity index (χ1) is 12.2. The minimum Gasteiger partial charge on any atom is -0.478 e. The van der Waals surface area contributed by atoms with E-state index in [0.29, 0.717) is 0 Å². The van der Waals surface area contributed by atoms with E-state index in [4.69, 9.17) is 5.11 Å². The molecule has 1 aromatic rings. The number of carbonyl (C=O) groups excluding carboxylic acids is 2. The molecule has 0 aliphatic carbocycles. The van der Waals surface area contributed by atoms with Gasteiger partial charge >= 0.3 is 11.9 Å². The van der Waals surface area contributed by atoms with Crippen molar-refractivity contribution in [2.75, 3.05) is 32.1 Å². The Bertz CT molecular complexity index is 827. The molecule has 2 rings (SSSR count). The molecular formula is C15H13Br2FN2O6. The van der Waals surface area contributed by atoms with E-state index in [1.165, 1.54) is 11.0 Å². The lowest BCUT2D eigenvalue weighted by Gasteiger charge is -2.16. The summed E-state index contributed by atoms with van der Waals surface area (Å²) in [6, 6.07) is 1.27. The van der Waals surface area contributed by atoms with Crippen molar-refractivity contribution < 1.29 is 33.7 Å². The number of aliphatic hydroxyl groups excluding tert-OH is 1. The van der Waals surface area contributed by atoms with Crippen LogP contribution in [-0.2, 0) is 14.3 Å². The van der Waals surface area contributed by atoms with Crippen LogP contribution in [0.1, 0.15) is 10.4 Å². The van der Waals surface area contributed by atoms with Gasteiger partial charge in [0.25, 0.3) is 5.91 Å². The van der Waals surface area contributed by atoms with Crippen LogP contribution in [0.4, 0.5) is 10.1 Å². The quantitative estimate of drug-likeness (QED) is 0.406. The first-order valence-electron chi connectivity index (χ1n) is 7.12. The van der Waals surface area contributed by atoms with Crippen molar-refractivity contribution in [1.82, 2.24) is 4.90 Å². The van der Waals surface area contributed by atoms with Crippen molar-refractivity contribution in [2.45, 2.75) is 0 Å². The van der Waals surface area contributed by atoms with E-state index < -0.39 is 29.2 Å². The van der Waals surface area contributed by atoms with Gasteiger partial charge in [0.05, 0.1) is 36.0 Å². The van der Waals surface area contributed by atoms with Crippen molar-refractivity contribution >= 4 is 55.4 Å². The number of benzene rings is 1. The summed E-state index contributed by atoms with van der Waals surface area (Å²) >= 11 is 6.04. The van der Waals surface area contributed by atoms with Gasteiger partial charge in [-0.2, -0.15) is 0 Å². The number of β-amino-alcohol motifs (C(OH)–C–C–N with tert-alkyl or cyclic N) is 1. The number of anilines is 1. The van der Waals surface area contributed by atoms with Gasteiger partial charge in [-0.05, 0) is 37.9 Å². The second-order valence-corrected chi connectivity index (χ2v) is 6.84. The number of nitrogens with one attached hydrogen (secondary N) is 1. The number of aromatic carboxylic acids is 1. The van der Waals surface area contributed by atoms with Crippen LogP contribution in [0.3, 0.4) is 0 Å². The zero-order chi connectivity index (χ0) is 19.6. The Morgan fingerprint density at radius 2 is 2.04 bits per heavy atom. The zero-order valence-electron chi connectivity index (χ0n) is 13.3. The monoisotopic (exact) mass is 494 g/mol. The average molecular weight is 496 g/mol. The number of amides is 1. The van der Waals surface area contributed by atoms with Gasteiger partial charge in [-0.15, -0.1) is 0 Å². The minimum absolute atomic E-state index is 0.0356. The summed E-state index contributed by atoms with van der Waals surface area (Å²) in [7, 11) is 1.13. The fraction of sp³-hybridized carbons (Fsp3) is 0.267. The third kappa shape index (κ3) is 3.74. The van der Waals surface area contributed by atoms with E-state index in [2.05, 4.69) is 41.9 Å². The summed E-state index contributed by atoms with van der Waals surface area (Å²) in [5.74, 6) is -4.05. The van der Waals surface area contributed by atoms with Gasteiger partial charge < -0.3 is 25.2 Å².